The zero-order valence-corrected chi connectivity index (χ0v) is 10.7. The Morgan fingerprint density at radius 3 is 2.79 bits per heavy atom. The minimum atomic E-state index is 0.772. The molecular weight excluding hydrogens is 238 g/mol. The van der Waals surface area contributed by atoms with E-state index in [0.717, 1.165) is 28.9 Å². The van der Waals surface area contributed by atoms with E-state index in [1.54, 1.807) is 7.11 Å². The van der Waals surface area contributed by atoms with E-state index in [-0.39, 0.29) is 0 Å². The minimum absolute atomic E-state index is 0.772. The van der Waals surface area contributed by atoms with Crippen LogP contribution in [0.4, 0.5) is 5.69 Å². The third-order valence-electron chi connectivity index (χ3n) is 3.13. The standard InChI is InChI=1S/C15H15N3O/c1-19-12-7-5-11(6-8-12)9-16-14-3-2-4-15-13(14)10-17-18-15/h2-8,10,16H,9H2,1H3,(H,17,18). The second kappa shape index (κ2) is 5.02. The van der Waals surface area contributed by atoms with Crippen molar-refractivity contribution in [3.63, 3.8) is 0 Å². The Hall–Kier alpha value is -2.49. The Balaban J connectivity index is 1.76. The smallest absolute Gasteiger partial charge is 0.118 e. The average Bonchev–Trinajstić information content (AvgIpc) is 2.94. The number of nitrogens with one attached hydrogen (secondary N) is 2. The molecule has 0 unspecified atom stereocenters. The number of hydrogen-bond donors (Lipinski definition) is 2. The molecule has 0 bridgehead atoms. The summed E-state index contributed by atoms with van der Waals surface area (Å²) in [5, 5.41) is 11.6. The number of rotatable bonds is 4. The SMILES string of the molecule is COc1ccc(CNc2cccc3[nH]ncc23)cc1. The first kappa shape index (κ1) is 11.6. The van der Waals surface area contributed by atoms with Crippen molar-refractivity contribution in [2.24, 2.45) is 0 Å². The van der Waals surface area contributed by atoms with Gasteiger partial charge in [0.15, 0.2) is 0 Å². The van der Waals surface area contributed by atoms with E-state index in [0.29, 0.717) is 0 Å². The van der Waals surface area contributed by atoms with Crippen LogP contribution in [0.5, 0.6) is 5.75 Å². The van der Waals surface area contributed by atoms with Crippen LogP contribution in [0.25, 0.3) is 10.9 Å². The molecule has 0 aliphatic carbocycles. The van der Waals surface area contributed by atoms with Gasteiger partial charge in [0.1, 0.15) is 5.75 Å². The first-order valence-electron chi connectivity index (χ1n) is 6.16. The van der Waals surface area contributed by atoms with Crippen molar-refractivity contribution in [1.82, 2.24) is 10.2 Å². The van der Waals surface area contributed by atoms with Gasteiger partial charge in [-0.1, -0.05) is 18.2 Å². The molecule has 0 amide bonds. The molecule has 96 valence electrons. The first-order chi connectivity index (χ1) is 9.36. The van der Waals surface area contributed by atoms with Crippen molar-refractivity contribution in [3.8, 4) is 5.75 Å². The molecule has 0 fully saturated rings. The summed E-state index contributed by atoms with van der Waals surface area (Å²) >= 11 is 0. The van der Waals surface area contributed by atoms with Crippen molar-refractivity contribution in [2.45, 2.75) is 6.54 Å². The van der Waals surface area contributed by atoms with E-state index >= 15 is 0 Å². The molecule has 0 aliphatic rings. The maximum absolute atomic E-state index is 5.15. The van der Waals surface area contributed by atoms with Gasteiger partial charge in [-0.05, 0) is 29.8 Å². The zero-order chi connectivity index (χ0) is 13.1. The second-order valence-electron chi connectivity index (χ2n) is 4.34. The Labute approximate surface area is 111 Å². The van der Waals surface area contributed by atoms with Crippen LogP contribution in [0.3, 0.4) is 0 Å². The highest BCUT2D eigenvalue weighted by molar-refractivity contribution is 5.90. The Bertz CT molecular complexity index is 673. The fourth-order valence-electron chi connectivity index (χ4n) is 2.06. The molecule has 2 aromatic carbocycles. The van der Waals surface area contributed by atoms with Crippen molar-refractivity contribution in [3.05, 3.63) is 54.2 Å². The number of benzene rings is 2. The van der Waals surface area contributed by atoms with E-state index in [1.165, 1.54) is 5.56 Å². The van der Waals surface area contributed by atoms with Crippen LogP contribution in [0.1, 0.15) is 5.56 Å². The molecule has 1 aromatic heterocycles. The Morgan fingerprint density at radius 1 is 1.16 bits per heavy atom. The van der Waals surface area contributed by atoms with E-state index in [4.69, 9.17) is 4.74 Å². The molecule has 0 spiro atoms. The molecule has 1 heterocycles. The highest BCUT2D eigenvalue weighted by Crippen LogP contribution is 2.22. The number of anilines is 1. The molecule has 0 saturated carbocycles. The summed E-state index contributed by atoms with van der Waals surface area (Å²) in [4.78, 5) is 0. The highest BCUT2D eigenvalue weighted by Gasteiger charge is 2.02. The third kappa shape index (κ3) is 2.38. The number of ether oxygens (including phenoxy) is 1. The summed E-state index contributed by atoms with van der Waals surface area (Å²) in [5.74, 6) is 0.876. The van der Waals surface area contributed by atoms with Crippen LogP contribution < -0.4 is 10.1 Å². The average molecular weight is 253 g/mol. The fourth-order valence-corrected chi connectivity index (χ4v) is 2.06. The molecule has 0 aliphatic heterocycles. The lowest BCUT2D eigenvalue weighted by molar-refractivity contribution is 0.414. The molecule has 3 rings (SSSR count). The van der Waals surface area contributed by atoms with Gasteiger partial charge in [-0.3, -0.25) is 5.10 Å². The van der Waals surface area contributed by atoms with Crippen LogP contribution in [0.2, 0.25) is 0 Å². The van der Waals surface area contributed by atoms with Crippen LogP contribution in [0, 0.1) is 0 Å². The quantitative estimate of drug-likeness (QED) is 0.750. The van der Waals surface area contributed by atoms with Gasteiger partial charge in [0, 0.05) is 17.6 Å². The lowest BCUT2D eigenvalue weighted by Gasteiger charge is -2.08. The van der Waals surface area contributed by atoms with Crippen molar-refractivity contribution in [1.29, 1.82) is 0 Å². The van der Waals surface area contributed by atoms with E-state index < -0.39 is 0 Å². The van der Waals surface area contributed by atoms with Crippen LogP contribution in [-0.2, 0) is 6.54 Å². The van der Waals surface area contributed by atoms with Gasteiger partial charge >= 0.3 is 0 Å². The van der Waals surface area contributed by atoms with Crippen LogP contribution in [0.15, 0.2) is 48.7 Å². The number of fused-ring (bicyclic) bond motifs is 1. The van der Waals surface area contributed by atoms with Gasteiger partial charge < -0.3 is 10.1 Å². The lowest BCUT2D eigenvalue weighted by atomic mass is 10.2. The number of aromatic nitrogens is 2. The van der Waals surface area contributed by atoms with Gasteiger partial charge in [-0.25, -0.2) is 0 Å². The number of hydrogen-bond acceptors (Lipinski definition) is 3. The monoisotopic (exact) mass is 253 g/mol. The van der Waals surface area contributed by atoms with Gasteiger partial charge in [-0.15, -0.1) is 0 Å². The van der Waals surface area contributed by atoms with Gasteiger partial charge in [-0.2, -0.15) is 5.10 Å². The van der Waals surface area contributed by atoms with Gasteiger partial charge in [0.25, 0.3) is 0 Å². The Kier molecular flexibility index (Phi) is 3.06. The van der Waals surface area contributed by atoms with Crippen LogP contribution >= 0.6 is 0 Å². The van der Waals surface area contributed by atoms with E-state index in [9.17, 15) is 0 Å². The summed E-state index contributed by atoms with van der Waals surface area (Å²) in [6.45, 7) is 0.772. The zero-order valence-electron chi connectivity index (χ0n) is 10.7. The highest BCUT2D eigenvalue weighted by atomic mass is 16.5. The van der Waals surface area contributed by atoms with E-state index in [1.807, 2.05) is 30.5 Å². The summed E-state index contributed by atoms with van der Waals surface area (Å²) in [5.41, 5.74) is 3.34. The largest absolute Gasteiger partial charge is 0.497 e. The number of methoxy groups -OCH3 is 1. The molecule has 0 radical (unpaired) electrons. The van der Waals surface area contributed by atoms with Gasteiger partial charge in [0.05, 0.1) is 18.8 Å². The number of nitrogens with zero attached hydrogens (tertiary/aromatic N) is 1. The predicted octanol–water partition coefficient (Wildman–Crippen LogP) is 3.18. The normalized spacial score (nSPS) is 10.6. The molecule has 0 saturated heterocycles. The topological polar surface area (TPSA) is 49.9 Å². The Morgan fingerprint density at radius 2 is 2.00 bits per heavy atom. The van der Waals surface area contributed by atoms with Crippen molar-refractivity contribution < 1.29 is 4.74 Å². The van der Waals surface area contributed by atoms with Crippen LogP contribution in [-0.4, -0.2) is 17.3 Å². The fraction of sp³-hybridized carbons (Fsp3) is 0.133. The van der Waals surface area contributed by atoms with Gasteiger partial charge in [0.2, 0.25) is 0 Å². The molecular formula is C15H15N3O. The molecule has 4 heteroatoms. The summed E-state index contributed by atoms with van der Waals surface area (Å²) in [6.07, 6.45) is 1.84. The number of H-pyrrole nitrogens is 1. The molecule has 0 atom stereocenters. The van der Waals surface area contributed by atoms with Crippen molar-refractivity contribution >= 4 is 16.6 Å². The second-order valence-corrected chi connectivity index (χ2v) is 4.34. The first-order valence-corrected chi connectivity index (χ1v) is 6.16. The maximum atomic E-state index is 5.15. The maximum Gasteiger partial charge on any atom is 0.118 e. The number of aromatic amines is 1. The molecule has 2 N–H and O–H groups in total. The summed E-state index contributed by atoms with van der Waals surface area (Å²) in [7, 11) is 1.67. The third-order valence-corrected chi connectivity index (χ3v) is 3.13. The molecule has 4 nitrogen and oxygen atoms in total. The molecule has 19 heavy (non-hydrogen) atoms. The minimum Gasteiger partial charge on any atom is -0.497 e. The van der Waals surface area contributed by atoms with E-state index in [2.05, 4.69) is 33.7 Å². The predicted molar refractivity (Wildman–Crippen MR) is 76.4 cm³/mol. The lowest BCUT2D eigenvalue weighted by Crippen LogP contribution is -1.99. The molecule has 3 aromatic rings. The van der Waals surface area contributed by atoms with Crippen molar-refractivity contribution in [2.75, 3.05) is 12.4 Å². The summed E-state index contributed by atoms with van der Waals surface area (Å²) in [6, 6.07) is 14.1. The summed E-state index contributed by atoms with van der Waals surface area (Å²) < 4.78 is 5.15.